The number of nitrogens with one attached hydrogen (secondary N) is 1. The van der Waals surface area contributed by atoms with E-state index in [4.69, 9.17) is 4.55 Å². The highest BCUT2D eigenvalue weighted by atomic mass is 127. The molecule has 0 saturated carbocycles. The van der Waals surface area contributed by atoms with Gasteiger partial charge in [-0.2, -0.15) is 21.6 Å². The molecule has 1 rings (SSSR count). The summed E-state index contributed by atoms with van der Waals surface area (Å²) >= 11 is 7.27. The van der Waals surface area contributed by atoms with Gasteiger partial charge in [-0.15, -0.1) is 0 Å². The molecule has 0 radical (unpaired) electrons. The van der Waals surface area contributed by atoms with E-state index in [1.54, 1.807) is 51.2 Å². The molecular weight excluding hydrogens is 907 g/mol. The molecule has 0 aliphatic heterocycles. The first-order valence-electron chi connectivity index (χ1n) is 7.10. The van der Waals surface area contributed by atoms with Gasteiger partial charge in [0.05, 0.1) is 11.1 Å². The Labute approximate surface area is 226 Å². The summed E-state index contributed by atoms with van der Waals surface area (Å²) in [7, 11) is -5.13. The molecular formula is C14H6F3I4NO8S. The second-order valence-corrected chi connectivity index (χ2v) is 11.0. The molecule has 0 spiro atoms. The molecule has 1 unspecified atom stereocenters. The largest absolute Gasteiger partial charge is 0.478 e. The van der Waals surface area contributed by atoms with E-state index >= 15 is 0 Å². The standard InChI is InChI=1S/C14H6F3I4NO8S/c15-14(16,17)4(3-31(27,28)29)30-5(23)1-2-22-12(24)6-7(13(25)26)9(19)11(21)10(20)8(6)18/h4H,3H2,(H,22,24)(H,25,26)(H,27,28,29). The van der Waals surface area contributed by atoms with Gasteiger partial charge in [-0.25, -0.2) is 9.59 Å². The van der Waals surface area contributed by atoms with Gasteiger partial charge in [0.15, 0.2) is 0 Å². The molecule has 0 aromatic heterocycles. The van der Waals surface area contributed by atoms with Crippen LogP contribution < -0.4 is 5.32 Å². The monoisotopic (exact) mass is 913 g/mol. The molecule has 0 aliphatic rings. The number of hydrogen-bond donors (Lipinski definition) is 3. The maximum atomic E-state index is 12.7. The van der Waals surface area contributed by atoms with Crippen LogP contribution in [0.5, 0.6) is 0 Å². The van der Waals surface area contributed by atoms with Crippen molar-refractivity contribution in [3.05, 3.63) is 25.4 Å². The van der Waals surface area contributed by atoms with Crippen molar-refractivity contribution >= 4 is 118 Å². The second-order valence-electron chi connectivity index (χ2n) is 5.20. The van der Waals surface area contributed by atoms with E-state index < -0.39 is 46.0 Å². The number of halogens is 7. The van der Waals surface area contributed by atoms with E-state index in [0.717, 1.165) is 0 Å². The Hall–Kier alpha value is -0.190. The smallest absolute Gasteiger partial charge is 0.426 e. The molecule has 9 nitrogen and oxygen atoms in total. The highest BCUT2D eigenvalue weighted by Crippen LogP contribution is 2.33. The molecule has 0 fully saturated rings. The number of aromatic carboxylic acids is 1. The zero-order valence-electron chi connectivity index (χ0n) is 14.2. The quantitative estimate of drug-likeness (QED) is 0.0779. The van der Waals surface area contributed by atoms with Crippen LogP contribution in [0.25, 0.3) is 0 Å². The Morgan fingerprint density at radius 2 is 1.52 bits per heavy atom. The van der Waals surface area contributed by atoms with E-state index in [1.807, 2.05) is 50.5 Å². The summed E-state index contributed by atoms with van der Waals surface area (Å²) < 4.78 is 73.6. The Kier molecular flexibility index (Phi) is 10.5. The highest BCUT2D eigenvalue weighted by Gasteiger charge is 2.45. The van der Waals surface area contributed by atoms with E-state index in [2.05, 4.69) is 4.74 Å². The number of benzene rings is 1. The van der Waals surface area contributed by atoms with Crippen molar-refractivity contribution in [2.45, 2.75) is 12.3 Å². The van der Waals surface area contributed by atoms with Gasteiger partial charge < -0.3 is 9.84 Å². The van der Waals surface area contributed by atoms with Crippen LogP contribution in [0.1, 0.15) is 20.7 Å². The average molecular weight is 913 g/mol. The SMILES string of the molecule is O=C(C#CNC(=O)c1c(I)c(I)c(I)c(I)c1C(=O)O)OC(CS(=O)(=O)O)C(F)(F)F. The fraction of sp³-hybridized carbons (Fsp3) is 0.214. The van der Waals surface area contributed by atoms with Gasteiger partial charge in [-0.05, 0) is 90.4 Å². The molecule has 0 aliphatic carbocycles. The molecule has 31 heavy (non-hydrogen) atoms. The minimum Gasteiger partial charge on any atom is -0.478 e. The molecule has 0 heterocycles. The normalized spacial score (nSPS) is 12.4. The number of rotatable bonds is 5. The number of carbonyl (C=O) groups is 3. The molecule has 1 atom stereocenters. The van der Waals surface area contributed by atoms with Crippen molar-refractivity contribution in [2.24, 2.45) is 0 Å². The van der Waals surface area contributed by atoms with Crippen molar-refractivity contribution in [3.8, 4) is 12.0 Å². The summed E-state index contributed by atoms with van der Waals surface area (Å²) in [5.41, 5.74) is -0.605. The summed E-state index contributed by atoms with van der Waals surface area (Å²) in [6.07, 6.45) is -8.49. The van der Waals surface area contributed by atoms with Crippen LogP contribution in [0.4, 0.5) is 13.2 Å². The third-order valence-corrected chi connectivity index (χ3v) is 11.2. The number of amides is 1. The maximum absolute atomic E-state index is 12.7. The Morgan fingerprint density at radius 1 is 1.03 bits per heavy atom. The average Bonchev–Trinajstić information content (AvgIpc) is 2.59. The lowest BCUT2D eigenvalue weighted by Gasteiger charge is -2.17. The summed E-state index contributed by atoms with van der Waals surface area (Å²) in [5, 5.41) is 11.3. The first kappa shape index (κ1) is 28.8. The number of ether oxygens (including phenoxy) is 1. The number of esters is 1. The van der Waals surface area contributed by atoms with Crippen LogP contribution in [-0.2, 0) is 19.6 Å². The van der Waals surface area contributed by atoms with Gasteiger partial charge in [0.1, 0.15) is 5.75 Å². The van der Waals surface area contributed by atoms with E-state index in [-0.39, 0.29) is 18.3 Å². The van der Waals surface area contributed by atoms with Gasteiger partial charge in [-0.3, -0.25) is 14.7 Å². The van der Waals surface area contributed by atoms with Crippen molar-refractivity contribution < 1.29 is 50.4 Å². The van der Waals surface area contributed by atoms with Gasteiger partial charge in [-0.1, -0.05) is 0 Å². The molecule has 0 bridgehead atoms. The minimum absolute atomic E-state index is 0.270. The molecule has 1 amide bonds. The molecule has 1 aromatic carbocycles. The van der Waals surface area contributed by atoms with Crippen molar-refractivity contribution in [1.82, 2.24) is 5.32 Å². The van der Waals surface area contributed by atoms with Crippen LogP contribution >= 0.6 is 90.4 Å². The summed E-state index contributed by atoms with van der Waals surface area (Å²) in [5.74, 6) is -4.72. The third kappa shape index (κ3) is 8.27. The van der Waals surface area contributed by atoms with Gasteiger partial charge in [0.25, 0.3) is 16.0 Å². The summed E-state index contributed by atoms with van der Waals surface area (Å²) in [6.45, 7) is 0. The van der Waals surface area contributed by atoms with Crippen LogP contribution in [0.2, 0.25) is 0 Å². The molecule has 3 N–H and O–H groups in total. The Balaban J connectivity index is 3.13. The zero-order valence-corrected chi connectivity index (χ0v) is 23.6. The first-order chi connectivity index (χ1) is 14.0. The topological polar surface area (TPSA) is 147 Å². The van der Waals surface area contributed by atoms with Crippen molar-refractivity contribution in [1.29, 1.82) is 0 Å². The predicted octanol–water partition coefficient (Wildman–Crippen LogP) is 2.86. The number of carboxylic acid groups (broad SMARTS) is 1. The van der Waals surface area contributed by atoms with Crippen molar-refractivity contribution in [3.63, 3.8) is 0 Å². The van der Waals surface area contributed by atoms with E-state index in [0.29, 0.717) is 7.14 Å². The van der Waals surface area contributed by atoms with E-state index in [9.17, 15) is 41.1 Å². The lowest BCUT2D eigenvalue weighted by atomic mass is 10.1. The van der Waals surface area contributed by atoms with Crippen LogP contribution in [0.3, 0.4) is 0 Å². The number of carboxylic acids is 1. The summed E-state index contributed by atoms with van der Waals surface area (Å²) in [6, 6.07) is 1.74. The van der Waals surface area contributed by atoms with E-state index in [1.165, 1.54) is 5.92 Å². The minimum atomic E-state index is -5.31. The maximum Gasteiger partial charge on any atom is 0.426 e. The van der Waals surface area contributed by atoms with Crippen LogP contribution in [0, 0.1) is 26.2 Å². The molecule has 1 aromatic rings. The fourth-order valence-corrected chi connectivity index (χ4v) is 6.10. The van der Waals surface area contributed by atoms with Gasteiger partial charge >= 0.3 is 18.1 Å². The second kappa shape index (κ2) is 11.3. The predicted molar refractivity (Wildman–Crippen MR) is 132 cm³/mol. The number of alkyl halides is 3. The third-order valence-electron chi connectivity index (χ3n) is 3.02. The molecule has 0 saturated heterocycles. The van der Waals surface area contributed by atoms with Crippen molar-refractivity contribution in [2.75, 3.05) is 5.75 Å². The van der Waals surface area contributed by atoms with Crippen LogP contribution in [0.15, 0.2) is 0 Å². The summed E-state index contributed by atoms with van der Waals surface area (Å²) in [4.78, 5) is 35.5. The van der Waals surface area contributed by atoms with Gasteiger partial charge in [0.2, 0.25) is 6.10 Å². The zero-order chi connectivity index (χ0) is 24.3. The lowest BCUT2D eigenvalue weighted by molar-refractivity contribution is -0.211. The Morgan fingerprint density at radius 3 is 1.94 bits per heavy atom. The van der Waals surface area contributed by atoms with Crippen LogP contribution in [-0.4, -0.2) is 54.0 Å². The molecule has 170 valence electrons. The number of hydrogen-bond acceptors (Lipinski definition) is 6. The Bertz CT molecular complexity index is 1110. The molecule has 17 heteroatoms. The highest BCUT2D eigenvalue weighted by molar-refractivity contribution is 14.1. The first-order valence-corrected chi connectivity index (χ1v) is 13.0. The van der Waals surface area contributed by atoms with Gasteiger partial charge in [0, 0.05) is 26.2 Å². The number of carbonyl (C=O) groups excluding carboxylic acids is 2. The lowest BCUT2D eigenvalue weighted by Crippen LogP contribution is -2.39. The fourth-order valence-electron chi connectivity index (χ4n) is 1.79.